The summed E-state index contributed by atoms with van der Waals surface area (Å²) in [6.07, 6.45) is 3.68. The molecule has 0 unspecified atom stereocenters. The number of hydrogen-bond donors (Lipinski definition) is 2. The summed E-state index contributed by atoms with van der Waals surface area (Å²) >= 11 is 1.61. The van der Waals surface area contributed by atoms with Gasteiger partial charge in [-0.05, 0) is 6.26 Å². The number of aromatic nitrogens is 2. The Labute approximate surface area is 63.8 Å². The van der Waals surface area contributed by atoms with Gasteiger partial charge in [-0.15, -0.1) is 11.8 Å². The maximum absolute atomic E-state index is 5.22. The molecular formula is C5H10N4S. The van der Waals surface area contributed by atoms with Crippen LogP contribution in [0.1, 0.15) is 0 Å². The maximum Gasteiger partial charge on any atom is 0.118 e. The molecular weight excluding hydrogens is 148 g/mol. The molecule has 4 nitrogen and oxygen atoms in total. The van der Waals surface area contributed by atoms with Gasteiger partial charge in [-0.25, -0.2) is 0 Å². The van der Waals surface area contributed by atoms with Crippen LogP contribution in [0, 0.1) is 0 Å². The minimum Gasteiger partial charge on any atom is -0.320 e. The Morgan fingerprint density at radius 2 is 2.50 bits per heavy atom. The largest absolute Gasteiger partial charge is 0.320 e. The van der Waals surface area contributed by atoms with Crippen molar-refractivity contribution < 1.29 is 0 Å². The monoisotopic (exact) mass is 158 g/mol. The summed E-state index contributed by atoms with van der Waals surface area (Å²) in [7, 11) is 1.88. The topological polar surface area (TPSA) is 55.9 Å². The fourth-order valence-corrected chi connectivity index (χ4v) is 1.41. The quantitative estimate of drug-likeness (QED) is 0.372. The molecule has 0 saturated carbocycles. The summed E-state index contributed by atoms with van der Waals surface area (Å²) < 4.78 is 1.78. The van der Waals surface area contributed by atoms with Crippen LogP contribution in [-0.2, 0) is 7.05 Å². The molecule has 1 rings (SSSR count). The Balaban J connectivity index is 3.01. The zero-order chi connectivity index (χ0) is 7.56. The fraction of sp³-hybridized carbons (Fsp3) is 0.400. The molecule has 0 aliphatic carbocycles. The molecule has 1 aromatic heterocycles. The van der Waals surface area contributed by atoms with E-state index in [1.807, 2.05) is 13.3 Å². The molecule has 0 aliphatic heterocycles. The predicted molar refractivity (Wildman–Crippen MR) is 42.8 cm³/mol. The second-order valence-electron chi connectivity index (χ2n) is 1.84. The Hall–Kier alpha value is -0.680. The summed E-state index contributed by atoms with van der Waals surface area (Å²) in [6.45, 7) is 0. The van der Waals surface area contributed by atoms with Crippen molar-refractivity contribution in [1.29, 1.82) is 0 Å². The Bertz CT molecular complexity index is 219. The van der Waals surface area contributed by atoms with Crippen LogP contribution in [0.15, 0.2) is 11.2 Å². The Morgan fingerprint density at radius 3 is 2.90 bits per heavy atom. The van der Waals surface area contributed by atoms with Crippen LogP contribution in [0.4, 0.5) is 5.69 Å². The number of nitrogens with zero attached hydrogens (tertiary/aromatic N) is 2. The number of anilines is 1. The lowest BCUT2D eigenvalue weighted by Gasteiger charge is -1.99. The van der Waals surface area contributed by atoms with Gasteiger partial charge >= 0.3 is 0 Å². The van der Waals surface area contributed by atoms with E-state index in [4.69, 9.17) is 5.84 Å². The van der Waals surface area contributed by atoms with Gasteiger partial charge in [0.25, 0.3) is 0 Å². The van der Waals surface area contributed by atoms with Crippen molar-refractivity contribution >= 4 is 17.4 Å². The van der Waals surface area contributed by atoms with Crippen LogP contribution in [-0.4, -0.2) is 16.0 Å². The lowest BCUT2D eigenvalue weighted by molar-refractivity contribution is 0.700. The second kappa shape index (κ2) is 2.94. The van der Waals surface area contributed by atoms with Crippen LogP contribution < -0.4 is 11.3 Å². The molecule has 5 heteroatoms. The fourth-order valence-electron chi connectivity index (χ4n) is 0.767. The highest BCUT2D eigenvalue weighted by Crippen LogP contribution is 2.22. The Kier molecular flexibility index (Phi) is 2.18. The first kappa shape index (κ1) is 7.43. The van der Waals surface area contributed by atoms with Gasteiger partial charge < -0.3 is 5.43 Å². The average molecular weight is 158 g/mol. The van der Waals surface area contributed by atoms with Gasteiger partial charge in [0.05, 0.1) is 6.20 Å². The Morgan fingerprint density at radius 1 is 1.80 bits per heavy atom. The van der Waals surface area contributed by atoms with E-state index in [9.17, 15) is 0 Å². The number of rotatable bonds is 2. The molecule has 0 bridgehead atoms. The molecule has 3 N–H and O–H groups in total. The summed E-state index contributed by atoms with van der Waals surface area (Å²) in [6, 6.07) is 0. The number of hydrazine groups is 1. The van der Waals surface area contributed by atoms with Crippen molar-refractivity contribution in [3.05, 3.63) is 6.20 Å². The highest BCUT2D eigenvalue weighted by atomic mass is 32.2. The molecule has 0 saturated heterocycles. The van der Waals surface area contributed by atoms with Crippen molar-refractivity contribution in [3.63, 3.8) is 0 Å². The minimum absolute atomic E-state index is 0.870. The van der Waals surface area contributed by atoms with E-state index in [1.165, 1.54) is 0 Å². The number of thioether (sulfide) groups is 1. The molecule has 0 atom stereocenters. The van der Waals surface area contributed by atoms with E-state index >= 15 is 0 Å². The van der Waals surface area contributed by atoms with Crippen molar-refractivity contribution in [2.24, 2.45) is 12.9 Å². The third-order valence-corrected chi connectivity index (χ3v) is 2.10. The number of hydrogen-bond acceptors (Lipinski definition) is 4. The molecule has 0 aromatic carbocycles. The zero-order valence-corrected chi connectivity index (χ0v) is 6.77. The maximum atomic E-state index is 5.22. The normalized spacial score (nSPS) is 9.90. The number of nitrogens with one attached hydrogen (secondary N) is 1. The van der Waals surface area contributed by atoms with Gasteiger partial charge in [-0.1, -0.05) is 0 Å². The van der Waals surface area contributed by atoms with Gasteiger partial charge in [-0.3, -0.25) is 10.5 Å². The van der Waals surface area contributed by atoms with E-state index in [2.05, 4.69) is 10.5 Å². The lowest BCUT2D eigenvalue weighted by Crippen LogP contribution is -2.07. The van der Waals surface area contributed by atoms with Crippen LogP contribution in [0.2, 0.25) is 0 Å². The summed E-state index contributed by atoms with van der Waals surface area (Å²) in [5.74, 6) is 5.22. The number of nitrogen functional groups attached to an aromatic ring is 1. The van der Waals surface area contributed by atoms with Gasteiger partial charge in [0.2, 0.25) is 0 Å². The third-order valence-electron chi connectivity index (χ3n) is 1.23. The SMILES string of the molecule is CSc1c(NN)cnn1C. The van der Waals surface area contributed by atoms with Crippen LogP contribution in [0.5, 0.6) is 0 Å². The molecule has 0 spiro atoms. The first-order valence-electron chi connectivity index (χ1n) is 2.82. The first-order valence-corrected chi connectivity index (χ1v) is 4.04. The molecule has 56 valence electrons. The highest BCUT2D eigenvalue weighted by molar-refractivity contribution is 7.98. The van der Waals surface area contributed by atoms with Crippen molar-refractivity contribution in [2.45, 2.75) is 5.03 Å². The highest BCUT2D eigenvalue weighted by Gasteiger charge is 2.03. The van der Waals surface area contributed by atoms with Gasteiger partial charge in [0.1, 0.15) is 10.7 Å². The van der Waals surface area contributed by atoms with Crippen LogP contribution >= 0.6 is 11.8 Å². The summed E-state index contributed by atoms with van der Waals surface area (Å²) in [5, 5.41) is 5.06. The van der Waals surface area contributed by atoms with Crippen LogP contribution in [0.25, 0.3) is 0 Å². The average Bonchev–Trinajstić information content (AvgIpc) is 2.30. The number of aryl methyl sites for hydroxylation is 1. The minimum atomic E-state index is 0.870. The van der Waals surface area contributed by atoms with Gasteiger partial charge in [0, 0.05) is 7.05 Å². The van der Waals surface area contributed by atoms with Crippen molar-refractivity contribution in [1.82, 2.24) is 9.78 Å². The molecule has 0 radical (unpaired) electrons. The molecule has 10 heavy (non-hydrogen) atoms. The summed E-state index contributed by atoms with van der Waals surface area (Å²) in [4.78, 5) is 0. The van der Waals surface area contributed by atoms with E-state index in [0.29, 0.717) is 0 Å². The van der Waals surface area contributed by atoms with E-state index in [1.54, 1.807) is 22.6 Å². The zero-order valence-electron chi connectivity index (χ0n) is 5.96. The second-order valence-corrected chi connectivity index (χ2v) is 2.63. The molecule has 0 amide bonds. The van der Waals surface area contributed by atoms with E-state index < -0.39 is 0 Å². The molecule has 1 aromatic rings. The van der Waals surface area contributed by atoms with Gasteiger partial charge in [0.15, 0.2) is 0 Å². The smallest absolute Gasteiger partial charge is 0.118 e. The standard InChI is InChI=1S/C5H10N4S/c1-9-5(10-2)4(8-6)3-7-9/h3,8H,6H2,1-2H3. The summed E-state index contributed by atoms with van der Waals surface area (Å²) in [5.41, 5.74) is 3.43. The number of nitrogens with two attached hydrogens (primary N) is 1. The molecule has 0 aliphatic rings. The first-order chi connectivity index (χ1) is 4.79. The van der Waals surface area contributed by atoms with Crippen molar-refractivity contribution in [2.75, 3.05) is 11.7 Å². The van der Waals surface area contributed by atoms with Crippen LogP contribution in [0.3, 0.4) is 0 Å². The molecule has 0 fully saturated rings. The third kappa shape index (κ3) is 1.10. The lowest BCUT2D eigenvalue weighted by atomic mass is 10.6. The van der Waals surface area contributed by atoms with Crippen molar-refractivity contribution in [3.8, 4) is 0 Å². The molecule has 1 heterocycles. The predicted octanol–water partition coefficient (Wildman–Crippen LogP) is 0.428. The van der Waals surface area contributed by atoms with Gasteiger partial charge in [-0.2, -0.15) is 5.10 Å². The van der Waals surface area contributed by atoms with E-state index in [-0.39, 0.29) is 0 Å². The van der Waals surface area contributed by atoms with E-state index in [0.717, 1.165) is 10.7 Å².